The summed E-state index contributed by atoms with van der Waals surface area (Å²) in [5.41, 5.74) is 0.843. The van der Waals surface area contributed by atoms with Crippen molar-refractivity contribution in [1.29, 1.82) is 0 Å². The third kappa shape index (κ3) is 6.12. The fourth-order valence-corrected chi connectivity index (χ4v) is 1.92. The van der Waals surface area contributed by atoms with Gasteiger partial charge >= 0.3 is 0 Å². The second-order valence-corrected chi connectivity index (χ2v) is 5.45. The van der Waals surface area contributed by atoms with Crippen LogP contribution in [0.2, 0.25) is 0 Å². The Bertz CT molecular complexity index is 464. The largest absolute Gasteiger partial charge is 0.483 e. The smallest absolute Gasteiger partial charge is 0.257 e. The highest BCUT2D eigenvalue weighted by atomic mass is 19.1. The van der Waals surface area contributed by atoms with Gasteiger partial charge in [0.15, 0.2) is 6.61 Å². The van der Waals surface area contributed by atoms with Crippen LogP contribution in [0.4, 0.5) is 4.39 Å². The van der Waals surface area contributed by atoms with Crippen LogP contribution in [0.5, 0.6) is 5.75 Å². The first kappa shape index (κ1) is 17.4. The Hall–Kier alpha value is -1.62. The van der Waals surface area contributed by atoms with Crippen LogP contribution in [0, 0.1) is 11.7 Å². The van der Waals surface area contributed by atoms with Gasteiger partial charge in [0.2, 0.25) is 0 Å². The number of ether oxygens (including phenoxy) is 1. The first-order chi connectivity index (χ1) is 9.93. The van der Waals surface area contributed by atoms with E-state index in [-0.39, 0.29) is 24.4 Å². The van der Waals surface area contributed by atoms with Crippen molar-refractivity contribution in [3.05, 3.63) is 29.6 Å². The van der Waals surface area contributed by atoms with Crippen LogP contribution in [0.1, 0.15) is 39.3 Å². The highest BCUT2D eigenvalue weighted by Gasteiger charge is 2.13. The molecule has 0 aliphatic rings. The molecular formula is C16H25FN2O2. The molecule has 0 aromatic heterocycles. The molecular weight excluding hydrogens is 271 g/mol. The highest BCUT2D eigenvalue weighted by Crippen LogP contribution is 2.26. The normalized spacial score (nSPS) is 12.3. The first-order valence-corrected chi connectivity index (χ1v) is 7.36. The summed E-state index contributed by atoms with van der Waals surface area (Å²) in [5.74, 6) is 0.214. The summed E-state index contributed by atoms with van der Waals surface area (Å²) >= 11 is 0. The van der Waals surface area contributed by atoms with Gasteiger partial charge in [-0.3, -0.25) is 4.79 Å². The minimum Gasteiger partial charge on any atom is -0.483 e. The average Bonchev–Trinajstić information content (AvgIpc) is 2.43. The second kappa shape index (κ2) is 8.62. The average molecular weight is 296 g/mol. The molecule has 0 saturated heterocycles. The van der Waals surface area contributed by atoms with Crippen molar-refractivity contribution in [3.8, 4) is 5.75 Å². The van der Waals surface area contributed by atoms with E-state index in [1.807, 2.05) is 27.7 Å². The first-order valence-electron chi connectivity index (χ1n) is 7.36. The Morgan fingerprint density at radius 1 is 1.33 bits per heavy atom. The van der Waals surface area contributed by atoms with Crippen molar-refractivity contribution in [1.82, 2.24) is 10.6 Å². The fraction of sp³-hybridized carbons (Fsp3) is 0.562. The fourth-order valence-electron chi connectivity index (χ4n) is 1.92. The molecule has 0 aliphatic carbocycles. The summed E-state index contributed by atoms with van der Waals surface area (Å²) in [5, 5.41) is 6.01. The zero-order valence-electron chi connectivity index (χ0n) is 13.2. The van der Waals surface area contributed by atoms with E-state index in [0.29, 0.717) is 18.2 Å². The van der Waals surface area contributed by atoms with E-state index in [1.165, 1.54) is 12.1 Å². The number of benzene rings is 1. The quantitative estimate of drug-likeness (QED) is 0.775. The number of carbonyl (C=O) groups is 1. The van der Waals surface area contributed by atoms with Crippen molar-refractivity contribution in [2.24, 2.45) is 5.92 Å². The number of nitrogens with one attached hydrogen (secondary N) is 2. The van der Waals surface area contributed by atoms with Gasteiger partial charge in [0.05, 0.1) is 0 Å². The maximum absolute atomic E-state index is 13.4. The summed E-state index contributed by atoms with van der Waals surface area (Å²) < 4.78 is 18.9. The lowest BCUT2D eigenvalue weighted by Gasteiger charge is -2.18. The molecule has 0 spiro atoms. The number of amides is 1. The Balaban J connectivity index is 2.68. The molecule has 21 heavy (non-hydrogen) atoms. The zero-order chi connectivity index (χ0) is 15.8. The molecule has 1 unspecified atom stereocenters. The molecule has 1 aromatic rings. The molecule has 1 aromatic carbocycles. The molecule has 0 bridgehead atoms. The number of rotatable bonds is 8. The van der Waals surface area contributed by atoms with E-state index in [4.69, 9.17) is 4.74 Å². The van der Waals surface area contributed by atoms with Crippen LogP contribution in [-0.4, -0.2) is 25.6 Å². The molecule has 118 valence electrons. The van der Waals surface area contributed by atoms with Crippen molar-refractivity contribution in [2.75, 3.05) is 19.7 Å². The Morgan fingerprint density at radius 3 is 2.67 bits per heavy atom. The van der Waals surface area contributed by atoms with Crippen LogP contribution in [0.3, 0.4) is 0 Å². The Labute approximate surface area is 126 Å². The predicted molar refractivity (Wildman–Crippen MR) is 81.8 cm³/mol. The summed E-state index contributed by atoms with van der Waals surface area (Å²) in [6, 6.07) is 4.43. The van der Waals surface area contributed by atoms with E-state index in [0.717, 1.165) is 12.1 Å². The summed E-state index contributed by atoms with van der Waals surface area (Å²) in [6.07, 6.45) is 0. The van der Waals surface area contributed by atoms with E-state index < -0.39 is 0 Å². The van der Waals surface area contributed by atoms with Crippen molar-refractivity contribution < 1.29 is 13.9 Å². The van der Waals surface area contributed by atoms with Gasteiger partial charge < -0.3 is 15.4 Å². The van der Waals surface area contributed by atoms with Gasteiger partial charge in [-0.05, 0) is 25.5 Å². The van der Waals surface area contributed by atoms with E-state index >= 15 is 0 Å². The van der Waals surface area contributed by atoms with Crippen LogP contribution < -0.4 is 15.4 Å². The molecule has 2 N–H and O–H groups in total. The number of carbonyl (C=O) groups excluding carboxylic acids is 1. The SMILES string of the molecule is CCNC(C)c1ccc(F)cc1OCC(=O)NCC(C)C. The molecule has 1 rings (SSSR count). The van der Waals surface area contributed by atoms with Gasteiger partial charge in [0, 0.05) is 24.2 Å². The van der Waals surface area contributed by atoms with Gasteiger partial charge in [0.25, 0.3) is 5.91 Å². The molecule has 1 atom stereocenters. The van der Waals surface area contributed by atoms with Gasteiger partial charge in [0.1, 0.15) is 11.6 Å². The Kier molecular flexibility index (Phi) is 7.15. The zero-order valence-corrected chi connectivity index (χ0v) is 13.2. The van der Waals surface area contributed by atoms with Crippen LogP contribution >= 0.6 is 0 Å². The summed E-state index contributed by atoms with van der Waals surface area (Å²) in [6.45, 7) is 9.30. The highest BCUT2D eigenvalue weighted by molar-refractivity contribution is 5.77. The minimum atomic E-state index is -0.375. The topological polar surface area (TPSA) is 50.4 Å². The summed E-state index contributed by atoms with van der Waals surface area (Å²) in [7, 11) is 0. The van der Waals surface area contributed by atoms with Crippen molar-refractivity contribution in [3.63, 3.8) is 0 Å². The maximum atomic E-state index is 13.4. The number of halogens is 1. The van der Waals surface area contributed by atoms with Gasteiger partial charge in [-0.25, -0.2) is 4.39 Å². The summed E-state index contributed by atoms with van der Waals surface area (Å²) in [4.78, 5) is 11.7. The molecule has 0 saturated carbocycles. The third-order valence-corrected chi connectivity index (χ3v) is 3.02. The molecule has 0 heterocycles. The van der Waals surface area contributed by atoms with Crippen LogP contribution in [0.15, 0.2) is 18.2 Å². The molecule has 0 radical (unpaired) electrons. The van der Waals surface area contributed by atoms with E-state index in [2.05, 4.69) is 10.6 Å². The van der Waals surface area contributed by atoms with Crippen LogP contribution in [-0.2, 0) is 4.79 Å². The van der Waals surface area contributed by atoms with Gasteiger partial charge in [-0.1, -0.05) is 26.8 Å². The molecule has 0 aliphatic heterocycles. The lowest BCUT2D eigenvalue weighted by Crippen LogP contribution is -2.32. The van der Waals surface area contributed by atoms with E-state index in [9.17, 15) is 9.18 Å². The maximum Gasteiger partial charge on any atom is 0.257 e. The van der Waals surface area contributed by atoms with E-state index in [1.54, 1.807) is 6.07 Å². The third-order valence-electron chi connectivity index (χ3n) is 3.02. The molecule has 5 heteroatoms. The minimum absolute atomic E-state index is 0.0318. The standard InChI is InChI=1S/C16H25FN2O2/c1-5-18-12(4)14-7-6-13(17)8-15(14)21-10-16(20)19-9-11(2)3/h6-8,11-12,18H,5,9-10H2,1-4H3,(H,19,20). The molecule has 4 nitrogen and oxygen atoms in total. The lowest BCUT2D eigenvalue weighted by molar-refractivity contribution is -0.123. The number of hydrogen-bond donors (Lipinski definition) is 2. The van der Waals surface area contributed by atoms with Crippen molar-refractivity contribution in [2.45, 2.75) is 33.7 Å². The molecule has 1 amide bonds. The molecule has 0 fully saturated rings. The Morgan fingerprint density at radius 2 is 2.05 bits per heavy atom. The van der Waals surface area contributed by atoms with Crippen molar-refractivity contribution >= 4 is 5.91 Å². The number of hydrogen-bond acceptors (Lipinski definition) is 3. The predicted octanol–water partition coefficient (Wildman–Crippen LogP) is 2.65. The monoisotopic (exact) mass is 296 g/mol. The van der Waals surface area contributed by atoms with Gasteiger partial charge in [-0.2, -0.15) is 0 Å². The lowest BCUT2D eigenvalue weighted by atomic mass is 10.1. The van der Waals surface area contributed by atoms with Crippen LogP contribution in [0.25, 0.3) is 0 Å². The van der Waals surface area contributed by atoms with Gasteiger partial charge in [-0.15, -0.1) is 0 Å². The second-order valence-electron chi connectivity index (χ2n) is 5.45.